The molecule has 3 nitrogen and oxygen atoms in total. The second-order valence-corrected chi connectivity index (χ2v) is 4.49. The Bertz CT molecular complexity index is 330. The lowest BCUT2D eigenvalue weighted by Crippen LogP contribution is -1.98. The Balaban J connectivity index is 2.33. The molecule has 1 heterocycles. The lowest BCUT2D eigenvalue weighted by Gasteiger charge is -2.09. The Morgan fingerprint density at radius 2 is 1.60 bits per heavy atom. The first kappa shape index (κ1) is 10.7. The molecule has 2 rings (SSSR count). The molecule has 1 aliphatic rings. The third kappa shape index (κ3) is 1.83. The molecule has 0 saturated heterocycles. The van der Waals surface area contributed by atoms with E-state index in [2.05, 4.69) is 12.6 Å². The molecule has 0 atom stereocenters. The van der Waals surface area contributed by atoms with Gasteiger partial charge in [0.05, 0.1) is 0 Å². The summed E-state index contributed by atoms with van der Waals surface area (Å²) in [6.45, 7) is 0.647. The van der Waals surface area contributed by atoms with E-state index in [4.69, 9.17) is 0 Å². The average molecular weight is 227 g/mol. The molecule has 4 heteroatoms. The number of aromatic nitrogens is 1. The summed E-state index contributed by atoms with van der Waals surface area (Å²) in [6, 6.07) is 0. The molecular weight excluding hydrogens is 210 g/mol. The first-order valence-electron chi connectivity index (χ1n) is 5.48. The van der Waals surface area contributed by atoms with Gasteiger partial charge >= 0.3 is 0 Å². The van der Waals surface area contributed by atoms with Gasteiger partial charge in [-0.3, -0.25) is 4.57 Å². The van der Waals surface area contributed by atoms with Crippen LogP contribution < -0.4 is 0 Å². The maximum absolute atomic E-state index is 9.96. The van der Waals surface area contributed by atoms with Crippen LogP contribution >= 0.6 is 12.6 Å². The normalized spacial score (nSPS) is 15.3. The Morgan fingerprint density at radius 1 is 1.07 bits per heavy atom. The molecule has 0 aliphatic heterocycles. The molecule has 0 amide bonds. The Labute approximate surface area is 95.1 Å². The standard InChI is InChI=1S/C11H17NO2S/c13-10-8-4-1-2-5-9(8)11(14)12(10)6-3-7-15/h13-15H,1-7H2. The van der Waals surface area contributed by atoms with Crippen molar-refractivity contribution >= 4 is 12.6 Å². The number of hydrogen-bond donors (Lipinski definition) is 3. The monoisotopic (exact) mass is 227 g/mol. The van der Waals surface area contributed by atoms with E-state index in [0.29, 0.717) is 6.54 Å². The number of fused-ring (bicyclic) bond motifs is 1. The van der Waals surface area contributed by atoms with Crippen LogP contribution in [0.15, 0.2) is 0 Å². The van der Waals surface area contributed by atoms with Crippen LogP contribution in [0.3, 0.4) is 0 Å². The van der Waals surface area contributed by atoms with E-state index < -0.39 is 0 Å². The van der Waals surface area contributed by atoms with Gasteiger partial charge in [-0.15, -0.1) is 0 Å². The SMILES string of the molecule is Oc1c2c(c(O)n1CCCS)CCCC2. The molecular formula is C11H17NO2S. The largest absolute Gasteiger partial charge is 0.494 e. The first-order valence-corrected chi connectivity index (χ1v) is 6.12. The minimum Gasteiger partial charge on any atom is -0.494 e. The average Bonchev–Trinajstić information content (AvgIpc) is 2.51. The summed E-state index contributed by atoms with van der Waals surface area (Å²) < 4.78 is 1.62. The van der Waals surface area contributed by atoms with E-state index in [9.17, 15) is 10.2 Å². The van der Waals surface area contributed by atoms with Crippen LogP contribution in [0.5, 0.6) is 11.8 Å². The predicted molar refractivity (Wildman–Crippen MR) is 62.9 cm³/mol. The van der Waals surface area contributed by atoms with Gasteiger partial charge in [-0.2, -0.15) is 12.6 Å². The highest BCUT2D eigenvalue weighted by molar-refractivity contribution is 7.80. The van der Waals surface area contributed by atoms with Gasteiger partial charge in [0.2, 0.25) is 0 Å². The summed E-state index contributed by atoms with van der Waals surface area (Å²) in [7, 11) is 0. The van der Waals surface area contributed by atoms with E-state index in [1.807, 2.05) is 0 Å². The van der Waals surface area contributed by atoms with Crippen molar-refractivity contribution in [3.8, 4) is 11.8 Å². The highest BCUT2D eigenvalue weighted by atomic mass is 32.1. The minimum absolute atomic E-state index is 0.268. The summed E-state index contributed by atoms with van der Waals surface area (Å²) in [5.41, 5.74) is 1.91. The molecule has 0 spiro atoms. The maximum atomic E-state index is 9.96. The van der Waals surface area contributed by atoms with Gasteiger partial charge < -0.3 is 10.2 Å². The molecule has 2 N–H and O–H groups in total. The van der Waals surface area contributed by atoms with Crippen LogP contribution in [0.4, 0.5) is 0 Å². The lowest BCUT2D eigenvalue weighted by atomic mass is 9.95. The van der Waals surface area contributed by atoms with E-state index in [1.54, 1.807) is 4.57 Å². The topological polar surface area (TPSA) is 45.4 Å². The summed E-state index contributed by atoms with van der Waals surface area (Å²) in [4.78, 5) is 0. The fraction of sp³-hybridized carbons (Fsp3) is 0.636. The van der Waals surface area contributed by atoms with Crippen molar-refractivity contribution in [2.24, 2.45) is 0 Å². The third-order valence-corrected chi connectivity index (χ3v) is 3.38. The van der Waals surface area contributed by atoms with E-state index in [0.717, 1.165) is 49.0 Å². The van der Waals surface area contributed by atoms with Crippen molar-refractivity contribution < 1.29 is 10.2 Å². The van der Waals surface area contributed by atoms with Crippen molar-refractivity contribution in [3.63, 3.8) is 0 Å². The summed E-state index contributed by atoms with van der Waals surface area (Å²) in [6.07, 6.45) is 4.86. The second kappa shape index (κ2) is 4.39. The van der Waals surface area contributed by atoms with Gasteiger partial charge in [0.25, 0.3) is 0 Å². The molecule has 1 aliphatic carbocycles. The molecule has 0 aromatic carbocycles. The molecule has 1 aromatic heterocycles. The molecule has 0 saturated carbocycles. The van der Waals surface area contributed by atoms with Crippen LogP contribution in [0.25, 0.3) is 0 Å². The Kier molecular flexibility index (Phi) is 3.14. The zero-order valence-corrected chi connectivity index (χ0v) is 9.63. The Hall–Kier alpha value is -0.770. The van der Waals surface area contributed by atoms with Crippen LogP contribution in [-0.2, 0) is 19.4 Å². The van der Waals surface area contributed by atoms with Crippen LogP contribution in [0.1, 0.15) is 30.4 Å². The van der Waals surface area contributed by atoms with E-state index in [1.165, 1.54) is 0 Å². The van der Waals surface area contributed by atoms with Gasteiger partial charge in [-0.1, -0.05) is 0 Å². The number of rotatable bonds is 3. The fourth-order valence-corrected chi connectivity index (χ4v) is 2.41. The third-order valence-electron chi connectivity index (χ3n) is 3.06. The molecule has 0 fully saturated rings. The van der Waals surface area contributed by atoms with E-state index >= 15 is 0 Å². The van der Waals surface area contributed by atoms with Gasteiger partial charge in [-0.05, 0) is 37.9 Å². The van der Waals surface area contributed by atoms with Crippen LogP contribution in [0.2, 0.25) is 0 Å². The highest BCUT2D eigenvalue weighted by Gasteiger charge is 2.23. The van der Waals surface area contributed by atoms with Gasteiger partial charge in [0.15, 0.2) is 11.8 Å². The van der Waals surface area contributed by atoms with E-state index in [-0.39, 0.29) is 11.8 Å². The minimum atomic E-state index is 0.268. The van der Waals surface area contributed by atoms with Crippen molar-refractivity contribution in [1.82, 2.24) is 4.57 Å². The zero-order valence-electron chi connectivity index (χ0n) is 8.74. The smallest absolute Gasteiger partial charge is 0.197 e. The summed E-state index contributed by atoms with van der Waals surface area (Å²) in [5, 5.41) is 19.9. The number of aromatic hydroxyl groups is 2. The number of hydrogen-bond acceptors (Lipinski definition) is 3. The molecule has 84 valence electrons. The maximum Gasteiger partial charge on any atom is 0.197 e. The lowest BCUT2D eigenvalue weighted by molar-refractivity contribution is 0.364. The van der Waals surface area contributed by atoms with Gasteiger partial charge in [-0.25, -0.2) is 0 Å². The second-order valence-electron chi connectivity index (χ2n) is 4.04. The zero-order chi connectivity index (χ0) is 10.8. The summed E-state index contributed by atoms with van der Waals surface area (Å²) >= 11 is 4.13. The number of nitrogens with zero attached hydrogens (tertiary/aromatic N) is 1. The fourth-order valence-electron chi connectivity index (χ4n) is 2.27. The van der Waals surface area contributed by atoms with Crippen LogP contribution in [-0.4, -0.2) is 20.5 Å². The molecule has 1 aromatic rings. The molecule has 0 unspecified atom stereocenters. The van der Waals surface area contributed by atoms with Crippen molar-refractivity contribution in [3.05, 3.63) is 11.1 Å². The predicted octanol–water partition coefficient (Wildman–Crippen LogP) is 2.10. The van der Waals surface area contributed by atoms with Gasteiger partial charge in [0, 0.05) is 17.7 Å². The van der Waals surface area contributed by atoms with Crippen molar-refractivity contribution in [2.45, 2.75) is 38.6 Å². The first-order chi connectivity index (χ1) is 7.25. The number of thiol groups is 1. The molecule has 0 radical (unpaired) electrons. The molecule has 15 heavy (non-hydrogen) atoms. The summed E-state index contributed by atoms with van der Waals surface area (Å²) in [5.74, 6) is 1.30. The quantitative estimate of drug-likeness (QED) is 0.692. The Morgan fingerprint density at radius 3 is 2.07 bits per heavy atom. The van der Waals surface area contributed by atoms with Crippen molar-refractivity contribution in [1.29, 1.82) is 0 Å². The van der Waals surface area contributed by atoms with Gasteiger partial charge in [0.1, 0.15) is 0 Å². The van der Waals surface area contributed by atoms with Crippen molar-refractivity contribution in [2.75, 3.05) is 5.75 Å². The van der Waals surface area contributed by atoms with Crippen LogP contribution in [0, 0.1) is 0 Å². The highest BCUT2D eigenvalue weighted by Crippen LogP contribution is 2.38. The molecule has 0 bridgehead atoms.